The predicted molar refractivity (Wildman–Crippen MR) is 372 cm³/mol. The second kappa shape index (κ2) is 23.2. The SMILES string of the molecule is N#Cc1cc(-c2nc(-c3ccccc3)nc(-c3ccccc3)n2)c(-n2c3ccc(-c4nc(-c5ccccc5)nc(-c5ccccc5)n4)cc3c3cc(-c4nc(-c5ccccc5)nc(-c5ccccc5)n4)ccc32)c(-c2cnccc2-n2c3ccccc3c3ccccc32)c1. The Labute approximate surface area is 539 Å². The first-order valence-corrected chi connectivity index (χ1v) is 30.8. The normalized spacial score (nSPS) is 11.4. The van der Waals surface area contributed by atoms with E-state index in [0.717, 1.165) is 99.4 Å². The molecule has 0 saturated heterocycles. The summed E-state index contributed by atoms with van der Waals surface area (Å²) in [7, 11) is 0. The molecule has 6 aromatic heterocycles. The van der Waals surface area contributed by atoms with E-state index in [1.165, 1.54) is 0 Å². The average Bonchev–Trinajstić information content (AvgIpc) is 1.52. The molecule has 0 atom stereocenters. The Morgan fingerprint density at radius 1 is 0.255 bits per heavy atom. The Morgan fingerprint density at radius 3 is 0.947 bits per heavy atom. The standard InChI is InChI=1S/C81H49N13/c82-49-51-45-64(66-50-83-44-43-71(66)93-67-37-21-19-35-60(67)61-36-20-22-38-68(61)93)72(65(46-51)81-91-77(56-31-15-5-16-32-56)86-78(92-81)57-33-17-6-18-34-57)94-69-41-39-58(79-87-73(52-23-7-1-8-24-52)84-74(88-79)53-25-9-2-10-26-53)47-62(69)63-48-59(40-42-70(63)94)80-89-75(54-27-11-3-12-28-54)85-76(90-80)55-29-13-4-14-30-55/h1-48,50H. The van der Waals surface area contributed by atoms with Crippen molar-refractivity contribution in [2.45, 2.75) is 0 Å². The average molecular weight is 1200 g/mol. The molecular formula is C81H49N13. The number of para-hydroxylation sites is 2. The number of nitrogens with zero attached hydrogens (tertiary/aromatic N) is 13. The molecule has 13 nitrogen and oxygen atoms in total. The third kappa shape index (κ3) is 9.84. The van der Waals surface area contributed by atoms with Crippen LogP contribution in [0.15, 0.2) is 298 Å². The fourth-order valence-electron chi connectivity index (χ4n) is 12.6. The number of benzene rings is 11. The highest BCUT2D eigenvalue weighted by Gasteiger charge is 2.28. The van der Waals surface area contributed by atoms with Crippen molar-refractivity contribution in [3.8, 4) is 131 Å². The van der Waals surface area contributed by atoms with Crippen LogP contribution < -0.4 is 0 Å². The van der Waals surface area contributed by atoms with Gasteiger partial charge < -0.3 is 9.13 Å². The van der Waals surface area contributed by atoms with Gasteiger partial charge in [-0.15, -0.1) is 0 Å². The summed E-state index contributed by atoms with van der Waals surface area (Å²) in [5.74, 6) is 4.41. The maximum Gasteiger partial charge on any atom is 0.166 e. The molecular weight excluding hydrogens is 1150 g/mol. The molecule has 0 radical (unpaired) electrons. The Hall–Kier alpha value is -13.3. The first kappa shape index (κ1) is 54.8. The summed E-state index contributed by atoms with van der Waals surface area (Å²) in [5.41, 5.74) is 14.1. The van der Waals surface area contributed by atoms with Crippen LogP contribution in [0.5, 0.6) is 0 Å². The highest BCUT2D eigenvalue weighted by atomic mass is 15.1. The van der Waals surface area contributed by atoms with Gasteiger partial charge in [0, 0.05) is 95.1 Å². The van der Waals surface area contributed by atoms with E-state index in [1.807, 2.05) is 207 Å². The van der Waals surface area contributed by atoms with Crippen LogP contribution in [0.25, 0.3) is 169 Å². The van der Waals surface area contributed by atoms with E-state index < -0.39 is 0 Å². The molecule has 0 aliphatic heterocycles. The van der Waals surface area contributed by atoms with Crippen molar-refractivity contribution in [2.75, 3.05) is 0 Å². The van der Waals surface area contributed by atoms with Gasteiger partial charge in [0.05, 0.1) is 45.1 Å². The fraction of sp³-hybridized carbons (Fsp3) is 0. The number of aromatic nitrogens is 12. The lowest BCUT2D eigenvalue weighted by Crippen LogP contribution is -2.07. The Bertz CT molecular complexity index is 5390. The quantitative estimate of drug-likeness (QED) is 0.114. The van der Waals surface area contributed by atoms with Gasteiger partial charge in [0.15, 0.2) is 52.4 Å². The third-order valence-corrected chi connectivity index (χ3v) is 17.0. The van der Waals surface area contributed by atoms with Gasteiger partial charge in [-0.05, 0) is 66.7 Å². The number of pyridine rings is 1. The van der Waals surface area contributed by atoms with Crippen LogP contribution in [0.4, 0.5) is 0 Å². The maximum atomic E-state index is 11.4. The highest BCUT2D eigenvalue weighted by molar-refractivity contribution is 6.14. The van der Waals surface area contributed by atoms with Crippen LogP contribution in [-0.4, -0.2) is 59.0 Å². The molecule has 0 spiro atoms. The Kier molecular flexibility index (Phi) is 13.6. The summed E-state index contributed by atoms with van der Waals surface area (Å²) in [5, 5.41) is 15.4. The molecule has 0 aliphatic rings. The van der Waals surface area contributed by atoms with Crippen LogP contribution in [0.3, 0.4) is 0 Å². The minimum atomic E-state index is 0.353. The minimum absolute atomic E-state index is 0.353. The molecule has 438 valence electrons. The molecule has 0 fully saturated rings. The van der Waals surface area contributed by atoms with Crippen molar-refractivity contribution in [2.24, 2.45) is 0 Å². The summed E-state index contributed by atoms with van der Waals surface area (Å²) in [6, 6.07) is 97.9. The molecule has 17 aromatic rings. The number of nitriles is 1. The van der Waals surface area contributed by atoms with E-state index in [4.69, 9.17) is 49.8 Å². The highest BCUT2D eigenvalue weighted by Crippen LogP contribution is 2.46. The van der Waals surface area contributed by atoms with Gasteiger partial charge in [-0.2, -0.15) is 5.26 Å². The molecule has 0 saturated carbocycles. The molecule has 0 N–H and O–H groups in total. The van der Waals surface area contributed by atoms with E-state index >= 15 is 0 Å². The zero-order chi connectivity index (χ0) is 62.5. The van der Waals surface area contributed by atoms with Gasteiger partial charge >= 0.3 is 0 Å². The van der Waals surface area contributed by atoms with E-state index in [2.05, 4.69) is 106 Å². The largest absolute Gasteiger partial charge is 0.309 e. The van der Waals surface area contributed by atoms with Gasteiger partial charge in [0.1, 0.15) is 0 Å². The molecule has 6 heterocycles. The second-order valence-corrected chi connectivity index (χ2v) is 22.7. The van der Waals surface area contributed by atoms with Crippen molar-refractivity contribution in [3.63, 3.8) is 0 Å². The van der Waals surface area contributed by atoms with Gasteiger partial charge in [0.2, 0.25) is 0 Å². The number of hydrogen-bond acceptors (Lipinski definition) is 11. The first-order chi connectivity index (χ1) is 46.5. The summed E-state index contributed by atoms with van der Waals surface area (Å²) in [4.78, 5) is 52.1. The summed E-state index contributed by atoms with van der Waals surface area (Å²) < 4.78 is 4.57. The van der Waals surface area contributed by atoms with Gasteiger partial charge in [-0.1, -0.05) is 218 Å². The lowest BCUT2D eigenvalue weighted by atomic mass is 9.95. The lowest BCUT2D eigenvalue weighted by Gasteiger charge is -2.21. The molecule has 0 amide bonds. The lowest BCUT2D eigenvalue weighted by molar-refractivity contribution is 1.06. The molecule has 94 heavy (non-hydrogen) atoms. The molecule has 13 heteroatoms. The van der Waals surface area contributed by atoms with Crippen LogP contribution in [0, 0.1) is 11.3 Å². The van der Waals surface area contributed by atoms with E-state index in [1.54, 1.807) is 0 Å². The zero-order valence-corrected chi connectivity index (χ0v) is 50.1. The number of hydrogen-bond donors (Lipinski definition) is 0. The monoisotopic (exact) mass is 1200 g/mol. The fourth-order valence-corrected chi connectivity index (χ4v) is 12.6. The van der Waals surface area contributed by atoms with E-state index in [-0.39, 0.29) is 0 Å². The molecule has 0 bridgehead atoms. The molecule has 11 aromatic carbocycles. The zero-order valence-electron chi connectivity index (χ0n) is 50.1. The van der Waals surface area contributed by atoms with Crippen LogP contribution in [0.1, 0.15) is 5.56 Å². The third-order valence-electron chi connectivity index (χ3n) is 17.0. The van der Waals surface area contributed by atoms with Crippen LogP contribution in [0.2, 0.25) is 0 Å². The molecule has 0 aliphatic carbocycles. The number of fused-ring (bicyclic) bond motifs is 6. The first-order valence-electron chi connectivity index (χ1n) is 30.8. The van der Waals surface area contributed by atoms with Crippen molar-refractivity contribution >= 4 is 43.6 Å². The summed E-state index contributed by atoms with van der Waals surface area (Å²) >= 11 is 0. The van der Waals surface area contributed by atoms with Crippen molar-refractivity contribution in [3.05, 3.63) is 303 Å². The maximum absolute atomic E-state index is 11.4. The smallest absolute Gasteiger partial charge is 0.166 e. The van der Waals surface area contributed by atoms with E-state index in [0.29, 0.717) is 74.8 Å². The van der Waals surface area contributed by atoms with Crippen molar-refractivity contribution in [1.29, 1.82) is 5.26 Å². The van der Waals surface area contributed by atoms with Crippen LogP contribution >= 0.6 is 0 Å². The van der Waals surface area contributed by atoms with E-state index in [9.17, 15) is 5.26 Å². The second-order valence-electron chi connectivity index (χ2n) is 22.7. The number of rotatable bonds is 12. The van der Waals surface area contributed by atoms with Gasteiger partial charge in [0.25, 0.3) is 0 Å². The predicted octanol–water partition coefficient (Wildman–Crippen LogP) is 18.4. The minimum Gasteiger partial charge on any atom is -0.309 e. The van der Waals surface area contributed by atoms with Gasteiger partial charge in [-0.3, -0.25) is 4.98 Å². The van der Waals surface area contributed by atoms with Gasteiger partial charge in [-0.25, -0.2) is 44.9 Å². The molecule has 0 unspecified atom stereocenters. The van der Waals surface area contributed by atoms with Crippen molar-refractivity contribution in [1.82, 2.24) is 59.0 Å². The Morgan fingerprint density at radius 2 is 0.574 bits per heavy atom. The topological polar surface area (TPSA) is 163 Å². The van der Waals surface area contributed by atoms with Crippen molar-refractivity contribution < 1.29 is 0 Å². The van der Waals surface area contributed by atoms with Crippen LogP contribution in [-0.2, 0) is 0 Å². The summed E-state index contributed by atoms with van der Waals surface area (Å²) in [6.45, 7) is 0. The summed E-state index contributed by atoms with van der Waals surface area (Å²) in [6.07, 6.45) is 3.72. The Balaban J connectivity index is 0.997. The molecule has 17 rings (SSSR count).